The fraction of sp³-hybridized carbons (Fsp3) is 0.548. The maximum absolute atomic E-state index is 13.1. The number of ether oxygens (including phenoxy) is 2. The van der Waals surface area contributed by atoms with E-state index in [9.17, 15) is 52.8 Å². The Labute approximate surface area is 546 Å². The molecule has 93 heavy (non-hydrogen) atoms. The summed E-state index contributed by atoms with van der Waals surface area (Å²) in [5, 5.41) is 27.8. The zero-order valence-electron chi connectivity index (χ0n) is 52.0. The monoisotopic (exact) mass is 1380 g/mol. The molecule has 6 aromatic heterocycles. The highest BCUT2D eigenvalue weighted by atomic mass is 35.5. The van der Waals surface area contributed by atoms with Gasteiger partial charge in [0.25, 0.3) is 26.0 Å². The summed E-state index contributed by atoms with van der Waals surface area (Å²) >= 11 is 12.1. The molecule has 4 aliphatic carbocycles. The third-order valence-corrected chi connectivity index (χ3v) is 19.9. The fourth-order valence-corrected chi connectivity index (χ4v) is 13.6. The molecule has 6 N–H and O–H groups in total. The lowest BCUT2D eigenvalue weighted by Crippen LogP contribution is -2.31. The standard InChI is InChI=1S/C31H38ClF3N6O4S.C16H15ClF3N3O3.C15H25N3O2S/c1-29(2)14-11-21(20-29)6-4-17-36-23-7-3-8-26(37-23)46(43,44)40-28(42)22-9-10-24(38-27(22)32)41-18-12-25(39-41)45-19-5-13-30(15-16-30)31(33,34)35;17-13-10(14(24)25)2-3-11(21-13)23-8-4-12(22-23)26-9-1-5-15(6-7-15)16(18,19)20;1-15(2)9-8-12(11-15)5-4-10-17-13-6-3-7-14(18-13)21(16,19)20/h3,7-10,12,18,21H,4-6,11,13-17,19-20H2,1-2H3,(H,36,37)(H,40,42);2-4,8H,1,5-7,9H2,(H,24,25);3,6-7,12H,4-5,8-11H2,1-2H3,(H,17,18)(H2,16,19,20)/t21-;;12-/m1.1/s1. The van der Waals surface area contributed by atoms with Crippen molar-refractivity contribution in [1.29, 1.82) is 0 Å². The number of pyridine rings is 4. The summed E-state index contributed by atoms with van der Waals surface area (Å²) in [5.74, 6) is 1.24. The molecule has 2 atom stereocenters. The van der Waals surface area contributed by atoms with Crippen LogP contribution in [0.1, 0.15) is 164 Å². The molecule has 4 fully saturated rings. The van der Waals surface area contributed by atoms with Crippen LogP contribution < -0.4 is 30.0 Å². The minimum atomic E-state index is -4.32. The molecule has 10 rings (SSSR count). The molecule has 0 aliphatic heterocycles. The Bertz CT molecular complexity index is 3790. The first kappa shape index (κ1) is 72.0. The summed E-state index contributed by atoms with van der Waals surface area (Å²) in [5.41, 5.74) is -2.50. The molecule has 1 amide bonds. The summed E-state index contributed by atoms with van der Waals surface area (Å²) in [6, 6.07) is 17.8. The second-order valence-corrected chi connectivity index (χ2v) is 29.7. The van der Waals surface area contributed by atoms with Crippen molar-refractivity contribution in [3.8, 4) is 23.4 Å². The number of amides is 1. The number of carbonyl (C=O) groups excluding carboxylic acids is 1. The predicted octanol–water partition coefficient (Wildman–Crippen LogP) is 13.8. The van der Waals surface area contributed by atoms with Gasteiger partial charge in [0.2, 0.25) is 11.8 Å². The van der Waals surface area contributed by atoms with E-state index >= 15 is 0 Å². The number of aromatic nitrogens is 8. The van der Waals surface area contributed by atoms with Crippen LogP contribution >= 0.6 is 23.2 Å². The van der Waals surface area contributed by atoms with E-state index < -0.39 is 55.1 Å². The number of carboxylic acids is 1. The van der Waals surface area contributed by atoms with E-state index in [2.05, 4.69) is 68.5 Å². The predicted molar refractivity (Wildman–Crippen MR) is 337 cm³/mol. The maximum atomic E-state index is 13.1. The molecule has 6 aromatic rings. The zero-order valence-corrected chi connectivity index (χ0v) is 55.1. The minimum Gasteiger partial charge on any atom is -0.478 e. The van der Waals surface area contributed by atoms with E-state index in [-0.39, 0.29) is 114 Å². The van der Waals surface area contributed by atoms with Crippen LogP contribution in [0.15, 0.2) is 95.2 Å². The third kappa shape index (κ3) is 20.3. The molecule has 6 heterocycles. The Morgan fingerprint density at radius 3 is 1.43 bits per heavy atom. The van der Waals surface area contributed by atoms with E-state index in [1.807, 2.05) is 4.72 Å². The summed E-state index contributed by atoms with van der Waals surface area (Å²) in [6.07, 6.45) is 7.92. The van der Waals surface area contributed by atoms with Gasteiger partial charge in [-0.2, -0.15) is 34.8 Å². The van der Waals surface area contributed by atoms with E-state index in [4.69, 9.17) is 42.9 Å². The van der Waals surface area contributed by atoms with Gasteiger partial charge in [0.15, 0.2) is 21.7 Å². The molecule has 0 unspecified atom stereocenters. The largest absolute Gasteiger partial charge is 0.478 e. The lowest BCUT2D eigenvalue weighted by Gasteiger charge is -2.18. The number of sulfonamides is 2. The number of primary sulfonamides is 1. The number of rotatable bonds is 27. The first-order valence-corrected chi connectivity index (χ1v) is 34.5. The lowest BCUT2D eigenvalue weighted by molar-refractivity contribution is -0.190. The number of nitrogens with one attached hydrogen (secondary N) is 3. The topological polar surface area (TPSA) is 290 Å². The highest BCUT2D eigenvalue weighted by molar-refractivity contribution is 7.90. The number of halogens is 8. The number of hydrogen-bond acceptors (Lipinski definition) is 16. The molecule has 508 valence electrons. The van der Waals surface area contributed by atoms with Crippen molar-refractivity contribution in [3.05, 3.63) is 107 Å². The fourth-order valence-electron chi connectivity index (χ4n) is 11.7. The van der Waals surface area contributed by atoms with Crippen molar-refractivity contribution in [2.45, 2.75) is 166 Å². The van der Waals surface area contributed by atoms with Gasteiger partial charge in [-0.05, 0) is 187 Å². The molecule has 0 radical (unpaired) electrons. The number of nitrogens with two attached hydrogens (primary N) is 1. The molecular formula is C62H78Cl2F6N12O9S2. The summed E-state index contributed by atoms with van der Waals surface area (Å²) in [7, 11) is -8.05. The van der Waals surface area contributed by atoms with Gasteiger partial charge >= 0.3 is 18.3 Å². The third-order valence-electron chi connectivity index (χ3n) is 17.3. The van der Waals surface area contributed by atoms with Crippen LogP contribution in [-0.2, 0) is 20.0 Å². The van der Waals surface area contributed by atoms with Gasteiger partial charge in [-0.15, -0.1) is 10.2 Å². The summed E-state index contributed by atoms with van der Waals surface area (Å²) in [6.45, 7) is 10.9. The van der Waals surface area contributed by atoms with Crippen molar-refractivity contribution < 1.29 is 67.3 Å². The van der Waals surface area contributed by atoms with Crippen molar-refractivity contribution in [1.82, 2.24) is 44.2 Å². The molecular weight excluding hydrogens is 1310 g/mol. The lowest BCUT2D eigenvalue weighted by atomic mass is 9.89. The SMILES string of the molecule is CC1(C)CC[C@@H](CCCNc2cccc(S(=O)(=O)NC(=O)c3ccc(-n4ccc(OCCCC5(C(F)(F)F)CC5)n4)nc3Cl)n2)C1.CC1(C)CC[C@@H](CCCNc2cccc(S(N)(=O)=O)n2)C1.O=C(O)c1ccc(-n2ccc(OCCCC3(C(F)(F)F)CC3)n2)nc1Cl. The second kappa shape index (κ2) is 29.9. The smallest absolute Gasteiger partial charge is 0.394 e. The Morgan fingerprint density at radius 1 is 0.613 bits per heavy atom. The molecule has 0 saturated heterocycles. The Morgan fingerprint density at radius 2 is 1.04 bits per heavy atom. The average Bonchev–Trinajstić information content (AvgIpc) is 1.64. The summed E-state index contributed by atoms with van der Waals surface area (Å²) in [4.78, 5) is 40.1. The van der Waals surface area contributed by atoms with Gasteiger partial charge in [-0.1, -0.05) is 63.0 Å². The number of carbonyl (C=O) groups is 2. The van der Waals surface area contributed by atoms with Crippen LogP contribution in [0.3, 0.4) is 0 Å². The quantitative estimate of drug-likeness (QED) is 0.0182. The van der Waals surface area contributed by atoms with Gasteiger partial charge in [0, 0.05) is 37.6 Å². The van der Waals surface area contributed by atoms with Gasteiger partial charge < -0.3 is 25.2 Å². The Kier molecular flexibility index (Phi) is 23.1. The van der Waals surface area contributed by atoms with Gasteiger partial charge in [0.05, 0.1) is 35.2 Å². The maximum Gasteiger partial charge on any atom is 0.394 e. The Hall–Kier alpha value is -6.82. The first-order chi connectivity index (χ1) is 43.6. The van der Waals surface area contributed by atoms with E-state index in [1.165, 1.54) is 115 Å². The normalized spacial score (nSPS) is 18.5. The van der Waals surface area contributed by atoms with E-state index in [0.717, 1.165) is 31.7 Å². The van der Waals surface area contributed by atoms with Crippen molar-refractivity contribution in [2.24, 2.45) is 38.6 Å². The highest BCUT2D eigenvalue weighted by Crippen LogP contribution is 2.61. The number of anilines is 2. The molecule has 0 spiro atoms. The number of nitrogens with zero attached hydrogens (tertiary/aromatic N) is 8. The first-order valence-electron chi connectivity index (χ1n) is 30.7. The number of alkyl halides is 6. The van der Waals surface area contributed by atoms with Crippen LogP contribution in [0.2, 0.25) is 10.3 Å². The minimum absolute atomic E-state index is 0.00514. The molecule has 31 heteroatoms. The number of carboxylic acid groups (broad SMARTS) is 1. The van der Waals surface area contributed by atoms with Gasteiger partial charge in [-0.25, -0.2) is 52.4 Å². The number of hydrogen-bond donors (Lipinski definition) is 5. The van der Waals surface area contributed by atoms with Crippen molar-refractivity contribution in [3.63, 3.8) is 0 Å². The highest BCUT2D eigenvalue weighted by Gasteiger charge is 2.63. The molecule has 21 nitrogen and oxygen atoms in total. The molecule has 4 saturated carbocycles. The van der Waals surface area contributed by atoms with Crippen LogP contribution in [0.25, 0.3) is 11.6 Å². The van der Waals surface area contributed by atoms with Crippen LogP contribution in [-0.4, -0.2) is 112 Å². The average molecular weight is 1380 g/mol. The van der Waals surface area contributed by atoms with Crippen molar-refractivity contribution >= 4 is 66.8 Å². The van der Waals surface area contributed by atoms with Gasteiger partial charge in [0.1, 0.15) is 21.9 Å². The molecule has 4 aliphatic rings. The second-order valence-electron chi connectivity index (χ2n) is 25.9. The van der Waals surface area contributed by atoms with Crippen LogP contribution in [0, 0.1) is 33.5 Å². The summed E-state index contributed by atoms with van der Waals surface area (Å²) < 4.78 is 142. The van der Waals surface area contributed by atoms with Crippen LogP contribution in [0.4, 0.5) is 38.0 Å². The number of aromatic carboxylic acids is 1. The Balaban J connectivity index is 0.000000199. The van der Waals surface area contributed by atoms with E-state index in [0.29, 0.717) is 40.7 Å². The van der Waals surface area contributed by atoms with Crippen molar-refractivity contribution in [2.75, 3.05) is 36.9 Å². The van der Waals surface area contributed by atoms with Crippen LogP contribution in [0.5, 0.6) is 11.8 Å². The van der Waals surface area contributed by atoms with Gasteiger partial charge in [-0.3, -0.25) is 4.79 Å². The molecule has 0 bridgehead atoms. The zero-order chi connectivity index (χ0) is 67.6. The van der Waals surface area contributed by atoms with E-state index in [1.54, 1.807) is 24.3 Å². The molecule has 0 aromatic carbocycles.